The molecule has 0 bridgehead atoms. The Morgan fingerprint density at radius 2 is 2.05 bits per heavy atom. The summed E-state index contributed by atoms with van der Waals surface area (Å²) in [6.07, 6.45) is 0. The summed E-state index contributed by atoms with van der Waals surface area (Å²) in [5.74, 6) is -1.68. The second-order valence-corrected chi connectivity index (χ2v) is 4.66. The molecule has 1 amide bonds. The first-order valence-electron chi connectivity index (χ1n) is 6.15. The van der Waals surface area contributed by atoms with E-state index in [0.717, 1.165) is 17.8 Å². The minimum absolute atomic E-state index is 0.235. The van der Waals surface area contributed by atoms with Crippen molar-refractivity contribution in [2.24, 2.45) is 7.05 Å². The quantitative estimate of drug-likeness (QED) is 0.938. The SMILES string of the molecule is Cc1cc(C(=O)NC(C)c2ccc(F)cc2F)n(C)n1. The molecular formula is C14H15F2N3O. The van der Waals surface area contributed by atoms with Gasteiger partial charge in [-0.3, -0.25) is 9.48 Å². The third kappa shape index (κ3) is 2.84. The van der Waals surface area contributed by atoms with Crippen LogP contribution in [-0.2, 0) is 7.05 Å². The van der Waals surface area contributed by atoms with E-state index in [0.29, 0.717) is 5.69 Å². The topological polar surface area (TPSA) is 46.9 Å². The van der Waals surface area contributed by atoms with Crippen molar-refractivity contribution < 1.29 is 13.6 Å². The zero-order chi connectivity index (χ0) is 14.9. The third-order valence-corrected chi connectivity index (χ3v) is 3.01. The summed E-state index contributed by atoms with van der Waals surface area (Å²) in [5, 5.41) is 6.74. The number of hydrogen-bond acceptors (Lipinski definition) is 2. The van der Waals surface area contributed by atoms with Gasteiger partial charge in [-0.05, 0) is 26.0 Å². The van der Waals surface area contributed by atoms with Crippen LogP contribution in [0.2, 0.25) is 0 Å². The Hall–Kier alpha value is -2.24. The van der Waals surface area contributed by atoms with E-state index < -0.39 is 17.7 Å². The maximum absolute atomic E-state index is 13.6. The van der Waals surface area contributed by atoms with Crippen LogP contribution in [0.3, 0.4) is 0 Å². The largest absolute Gasteiger partial charge is 0.344 e. The van der Waals surface area contributed by atoms with E-state index in [-0.39, 0.29) is 11.5 Å². The second-order valence-electron chi connectivity index (χ2n) is 4.66. The van der Waals surface area contributed by atoms with Gasteiger partial charge in [-0.1, -0.05) is 6.07 Å². The molecule has 0 saturated heterocycles. The van der Waals surface area contributed by atoms with Crippen LogP contribution in [0.1, 0.15) is 34.7 Å². The Balaban J connectivity index is 2.17. The Bertz CT molecular complexity index is 652. The molecule has 2 aromatic rings. The summed E-state index contributed by atoms with van der Waals surface area (Å²) in [6, 6.07) is 4.35. The molecule has 1 heterocycles. The molecular weight excluding hydrogens is 264 g/mol. The van der Waals surface area contributed by atoms with E-state index in [1.165, 1.54) is 10.7 Å². The highest BCUT2D eigenvalue weighted by atomic mass is 19.1. The average molecular weight is 279 g/mol. The van der Waals surface area contributed by atoms with Crippen molar-refractivity contribution in [1.29, 1.82) is 0 Å². The lowest BCUT2D eigenvalue weighted by Gasteiger charge is -2.15. The molecule has 1 atom stereocenters. The van der Waals surface area contributed by atoms with Crippen LogP contribution in [0, 0.1) is 18.6 Å². The molecule has 0 aliphatic heterocycles. The standard InChI is InChI=1S/C14H15F2N3O/c1-8-6-13(19(3)18-8)14(20)17-9(2)11-5-4-10(15)7-12(11)16/h4-7,9H,1-3H3,(H,17,20). The van der Waals surface area contributed by atoms with Crippen molar-refractivity contribution in [2.75, 3.05) is 0 Å². The summed E-state index contributed by atoms with van der Waals surface area (Å²) in [4.78, 5) is 12.1. The molecule has 1 aromatic carbocycles. The molecule has 106 valence electrons. The average Bonchev–Trinajstić information content (AvgIpc) is 2.68. The fraction of sp³-hybridized carbons (Fsp3) is 0.286. The molecule has 6 heteroatoms. The van der Waals surface area contributed by atoms with E-state index in [2.05, 4.69) is 10.4 Å². The molecule has 20 heavy (non-hydrogen) atoms. The molecule has 0 aliphatic rings. The summed E-state index contributed by atoms with van der Waals surface area (Å²) in [7, 11) is 1.66. The van der Waals surface area contributed by atoms with Gasteiger partial charge < -0.3 is 5.32 Å². The number of benzene rings is 1. The molecule has 1 aromatic heterocycles. The van der Waals surface area contributed by atoms with Crippen LogP contribution in [0.15, 0.2) is 24.3 Å². The number of halogens is 2. The van der Waals surface area contributed by atoms with Crippen molar-refractivity contribution >= 4 is 5.91 Å². The minimum Gasteiger partial charge on any atom is -0.344 e. The lowest BCUT2D eigenvalue weighted by molar-refractivity contribution is 0.0930. The first-order valence-corrected chi connectivity index (χ1v) is 6.15. The fourth-order valence-electron chi connectivity index (χ4n) is 2.02. The molecule has 1 N–H and O–H groups in total. The van der Waals surface area contributed by atoms with Gasteiger partial charge in [0.2, 0.25) is 0 Å². The van der Waals surface area contributed by atoms with Gasteiger partial charge in [-0.25, -0.2) is 8.78 Å². The van der Waals surface area contributed by atoms with E-state index in [9.17, 15) is 13.6 Å². The molecule has 0 radical (unpaired) electrons. The molecule has 0 spiro atoms. The zero-order valence-electron chi connectivity index (χ0n) is 11.4. The first-order chi connectivity index (χ1) is 9.38. The van der Waals surface area contributed by atoms with Gasteiger partial charge in [-0.2, -0.15) is 5.10 Å². The highest BCUT2D eigenvalue weighted by Gasteiger charge is 2.17. The molecule has 2 rings (SSSR count). The maximum Gasteiger partial charge on any atom is 0.270 e. The number of aromatic nitrogens is 2. The van der Waals surface area contributed by atoms with E-state index in [4.69, 9.17) is 0 Å². The Morgan fingerprint density at radius 3 is 2.60 bits per heavy atom. The first kappa shape index (κ1) is 14.2. The fourth-order valence-corrected chi connectivity index (χ4v) is 2.02. The molecule has 0 saturated carbocycles. The monoisotopic (exact) mass is 279 g/mol. The van der Waals surface area contributed by atoms with Crippen LogP contribution < -0.4 is 5.32 Å². The second kappa shape index (κ2) is 5.40. The summed E-state index contributed by atoms with van der Waals surface area (Å²) < 4.78 is 27.9. The summed E-state index contributed by atoms with van der Waals surface area (Å²) in [6.45, 7) is 3.41. The smallest absolute Gasteiger partial charge is 0.270 e. The van der Waals surface area contributed by atoms with Crippen LogP contribution in [-0.4, -0.2) is 15.7 Å². The number of carbonyl (C=O) groups excluding carboxylic acids is 1. The number of nitrogens with one attached hydrogen (secondary N) is 1. The van der Waals surface area contributed by atoms with E-state index in [1.54, 1.807) is 27.0 Å². The van der Waals surface area contributed by atoms with Gasteiger partial charge in [0.25, 0.3) is 5.91 Å². The highest BCUT2D eigenvalue weighted by molar-refractivity contribution is 5.92. The van der Waals surface area contributed by atoms with Gasteiger partial charge in [0.1, 0.15) is 17.3 Å². The lowest BCUT2D eigenvalue weighted by atomic mass is 10.1. The van der Waals surface area contributed by atoms with Crippen molar-refractivity contribution in [1.82, 2.24) is 15.1 Å². The lowest BCUT2D eigenvalue weighted by Crippen LogP contribution is -2.29. The number of hydrogen-bond donors (Lipinski definition) is 1. The zero-order valence-corrected chi connectivity index (χ0v) is 11.4. The van der Waals surface area contributed by atoms with Crippen molar-refractivity contribution in [2.45, 2.75) is 19.9 Å². The summed E-state index contributed by atoms with van der Waals surface area (Å²) in [5.41, 5.74) is 1.34. The Kier molecular flexibility index (Phi) is 3.83. The number of aryl methyl sites for hydroxylation is 2. The Morgan fingerprint density at radius 1 is 1.35 bits per heavy atom. The predicted octanol–water partition coefficient (Wildman–Crippen LogP) is 2.50. The van der Waals surface area contributed by atoms with E-state index >= 15 is 0 Å². The van der Waals surface area contributed by atoms with Crippen LogP contribution >= 0.6 is 0 Å². The Labute approximate surface area is 115 Å². The summed E-state index contributed by atoms with van der Waals surface area (Å²) >= 11 is 0. The predicted molar refractivity (Wildman–Crippen MR) is 70.2 cm³/mol. The van der Waals surface area contributed by atoms with Gasteiger partial charge in [0.05, 0.1) is 11.7 Å². The molecule has 4 nitrogen and oxygen atoms in total. The van der Waals surface area contributed by atoms with Gasteiger partial charge in [0.15, 0.2) is 0 Å². The molecule has 0 aliphatic carbocycles. The number of nitrogens with zero attached hydrogens (tertiary/aromatic N) is 2. The van der Waals surface area contributed by atoms with E-state index in [1.807, 2.05) is 0 Å². The van der Waals surface area contributed by atoms with Crippen molar-refractivity contribution in [3.8, 4) is 0 Å². The third-order valence-electron chi connectivity index (χ3n) is 3.01. The minimum atomic E-state index is -0.681. The van der Waals surface area contributed by atoms with Crippen LogP contribution in [0.5, 0.6) is 0 Å². The molecule has 1 unspecified atom stereocenters. The van der Waals surface area contributed by atoms with Crippen molar-refractivity contribution in [3.05, 3.63) is 52.9 Å². The number of carbonyl (C=O) groups is 1. The normalized spacial score (nSPS) is 12.2. The van der Waals surface area contributed by atoms with Crippen molar-refractivity contribution in [3.63, 3.8) is 0 Å². The van der Waals surface area contributed by atoms with Gasteiger partial charge in [-0.15, -0.1) is 0 Å². The van der Waals surface area contributed by atoms with Crippen LogP contribution in [0.4, 0.5) is 8.78 Å². The maximum atomic E-state index is 13.6. The van der Waals surface area contributed by atoms with Gasteiger partial charge in [0, 0.05) is 18.7 Å². The number of amides is 1. The molecule has 0 fully saturated rings. The van der Waals surface area contributed by atoms with Gasteiger partial charge >= 0.3 is 0 Å². The highest BCUT2D eigenvalue weighted by Crippen LogP contribution is 2.18. The number of rotatable bonds is 3. The van der Waals surface area contributed by atoms with Crippen LogP contribution in [0.25, 0.3) is 0 Å².